The monoisotopic (exact) mass is 394 g/mol. The molecule has 0 spiro atoms. The lowest BCUT2D eigenvalue weighted by Gasteiger charge is -2.05. The Bertz CT molecular complexity index is 1040. The van der Waals surface area contributed by atoms with Gasteiger partial charge in [0.1, 0.15) is 0 Å². The number of hydrogen-bond donors (Lipinski definition) is 1. The van der Waals surface area contributed by atoms with Crippen LogP contribution in [0.1, 0.15) is 32.8 Å². The first-order chi connectivity index (χ1) is 13.5. The van der Waals surface area contributed by atoms with Crippen molar-refractivity contribution in [2.75, 3.05) is 12.1 Å². The smallest absolute Gasteiger partial charge is 0.231 e. The summed E-state index contributed by atoms with van der Waals surface area (Å²) in [5.74, 6) is 1.51. The van der Waals surface area contributed by atoms with Gasteiger partial charge in [-0.2, -0.15) is 0 Å². The fourth-order valence-corrected chi connectivity index (χ4v) is 4.16. The van der Waals surface area contributed by atoms with E-state index in [0.29, 0.717) is 11.6 Å². The maximum atomic E-state index is 12.4. The van der Waals surface area contributed by atoms with E-state index < -0.39 is 0 Å². The molecule has 0 aliphatic carbocycles. The van der Waals surface area contributed by atoms with Crippen molar-refractivity contribution in [3.05, 3.63) is 69.2 Å². The summed E-state index contributed by atoms with van der Waals surface area (Å²) in [6, 6.07) is 12.1. The molecule has 4 rings (SSSR count). The lowest BCUT2D eigenvalue weighted by atomic mass is 10.0. The Morgan fingerprint density at radius 1 is 1.04 bits per heavy atom. The summed E-state index contributed by atoms with van der Waals surface area (Å²) in [6.45, 7) is 6.37. The second kappa shape index (κ2) is 7.64. The molecule has 0 radical (unpaired) electrons. The molecule has 0 atom stereocenters. The number of aromatic nitrogens is 1. The van der Waals surface area contributed by atoms with E-state index in [1.54, 1.807) is 0 Å². The second-order valence-electron chi connectivity index (χ2n) is 7.04. The molecule has 5 nitrogen and oxygen atoms in total. The van der Waals surface area contributed by atoms with Gasteiger partial charge >= 0.3 is 0 Å². The minimum Gasteiger partial charge on any atom is -0.454 e. The van der Waals surface area contributed by atoms with Crippen LogP contribution in [0, 0.1) is 20.8 Å². The number of anilines is 1. The molecule has 0 bridgehead atoms. The zero-order valence-corrected chi connectivity index (χ0v) is 17.0. The van der Waals surface area contributed by atoms with Crippen LogP contribution < -0.4 is 14.8 Å². The summed E-state index contributed by atoms with van der Waals surface area (Å²) >= 11 is 1.52. The van der Waals surface area contributed by atoms with Crippen LogP contribution in [0.15, 0.2) is 36.4 Å². The Kier molecular flexibility index (Phi) is 5.05. The molecule has 0 fully saturated rings. The molecule has 0 saturated carbocycles. The highest BCUT2D eigenvalue weighted by atomic mass is 32.1. The van der Waals surface area contributed by atoms with Crippen molar-refractivity contribution in [3.63, 3.8) is 0 Å². The predicted molar refractivity (Wildman–Crippen MR) is 110 cm³/mol. The van der Waals surface area contributed by atoms with Crippen LogP contribution in [0.25, 0.3) is 0 Å². The van der Waals surface area contributed by atoms with Gasteiger partial charge in [0, 0.05) is 11.3 Å². The lowest BCUT2D eigenvalue weighted by molar-refractivity contribution is -0.115. The fourth-order valence-electron chi connectivity index (χ4n) is 3.14. The molecule has 6 heteroatoms. The van der Waals surface area contributed by atoms with Crippen LogP contribution >= 0.6 is 11.3 Å². The number of fused-ring (bicyclic) bond motifs is 1. The largest absolute Gasteiger partial charge is 0.454 e. The summed E-state index contributed by atoms with van der Waals surface area (Å²) < 4.78 is 10.8. The number of rotatable bonds is 5. The quantitative estimate of drug-likeness (QED) is 0.689. The number of nitrogens with zero attached hydrogens (tertiary/aromatic N) is 1. The van der Waals surface area contributed by atoms with Crippen molar-refractivity contribution in [1.29, 1.82) is 0 Å². The first-order valence-electron chi connectivity index (χ1n) is 9.19. The summed E-state index contributed by atoms with van der Waals surface area (Å²) in [6.07, 6.45) is 1.09. The van der Waals surface area contributed by atoms with E-state index in [2.05, 4.69) is 36.3 Å². The van der Waals surface area contributed by atoms with Crippen LogP contribution in [0.4, 0.5) is 5.13 Å². The number of nitrogens with one attached hydrogen (secondary N) is 1. The fraction of sp³-hybridized carbons (Fsp3) is 0.273. The van der Waals surface area contributed by atoms with Gasteiger partial charge in [-0.3, -0.25) is 4.79 Å². The van der Waals surface area contributed by atoms with E-state index in [1.807, 2.05) is 31.2 Å². The van der Waals surface area contributed by atoms with E-state index in [0.717, 1.165) is 39.6 Å². The van der Waals surface area contributed by atoms with Crippen molar-refractivity contribution in [3.8, 4) is 11.5 Å². The molecule has 28 heavy (non-hydrogen) atoms. The maximum Gasteiger partial charge on any atom is 0.231 e. The van der Waals surface area contributed by atoms with Gasteiger partial charge < -0.3 is 14.8 Å². The summed E-state index contributed by atoms with van der Waals surface area (Å²) in [5.41, 5.74) is 5.50. The van der Waals surface area contributed by atoms with Crippen LogP contribution in [-0.4, -0.2) is 17.7 Å². The van der Waals surface area contributed by atoms with Gasteiger partial charge in [0.15, 0.2) is 16.6 Å². The van der Waals surface area contributed by atoms with Crippen LogP contribution in [-0.2, 0) is 17.6 Å². The van der Waals surface area contributed by atoms with Crippen LogP contribution in [0.3, 0.4) is 0 Å². The van der Waals surface area contributed by atoms with Gasteiger partial charge in [-0.25, -0.2) is 4.98 Å². The van der Waals surface area contributed by atoms with Crippen molar-refractivity contribution in [1.82, 2.24) is 4.98 Å². The molecule has 1 N–H and O–H groups in total. The normalized spacial score (nSPS) is 12.2. The highest BCUT2D eigenvalue weighted by Gasteiger charge is 2.16. The number of amides is 1. The Morgan fingerprint density at radius 3 is 2.64 bits per heavy atom. The Labute approximate surface area is 168 Å². The molecule has 2 aromatic carbocycles. The van der Waals surface area contributed by atoms with E-state index >= 15 is 0 Å². The first-order valence-corrected chi connectivity index (χ1v) is 10.0. The first kappa shape index (κ1) is 18.5. The minimum atomic E-state index is -0.0494. The lowest BCUT2D eigenvalue weighted by Crippen LogP contribution is -2.14. The number of hydrogen-bond acceptors (Lipinski definition) is 5. The summed E-state index contributed by atoms with van der Waals surface area (Å²) in [7, 11) is 0. The van der Waals surface area contributed by atoms with E-state index in [4.69, 9.17) is 9.47 Å². The van der Waals surface area contributed by atoms with Crippen molar-refractivity contribution in [2.45, 2.75) is 33.6 Å². The molecular weight excluding hydrogens is 372 g/mol. The standard InChI is InChI=1S/C22H22N2O3S/c1-13-4-5-16(8-14(13)2)11-21(25)24-22-23-15(3)20(28-22)10-17-6-7-18-19(9-17)27-12-26-18/h4-9H,10-12H2,1-3H3,(H,23,24,25). The van der Waals surface area contributed by atoms with E-state index in [9.17, 15) is 4.79 Å². The zero-order chi connectivity index (χ0) is 19.7. The average Bonchev–Trinajstić information content (AvgIpc) is 3.24. The Balaban J connectivity index is 1.42. The number of carbonyl (C=O) groups is 1. The van der Waals surface area contributed by atoms with Crippen LogP contribution in [0.2, 0.25) is 0 Å². The third-order valence-corrected chi connectivity index (χ3v) is 5.95. The number of ether oxygens (including phenoxy) is 2. The van der Waals surface area contributed by atoms with Gasteiger partial charge in [0.05, 0.1) is 12.1 Å². The van der Waals surface area contributed by atoms with Gasteiger partial charge in [-0.05, 0) is 55.2 Å². The van der Waals surface area contributed by atoms with Gasteiger partial charge in [-0.1, -0.05) is 24.3 Å². The predicted octanol–water partition coefficient (Wildman–Crippen LogP) is 4.57. The molecular formula is C22H22N2O3S. The Hall–Kier alpha value is -2.86. The number of aryl methyl sites for hydroxylation is 3. The highest BCUT2D eigenvalue weighted by Crippen LogP contribution is 2.34. The van der Waals surface area contributed by atoms with Crippen molar-refractivity contribution in [2.24, 2.45) is 0 Å². The number of carbonyl (C=O) groups excluding carboxylic acids is 1. The molecule has 144 valence electrons. The third kappa shape index (κ3) is 4.02. The van der Waals surface area contributed by atoms with Gasteiger partial charge in [0.2, 0.25) is 12.7 Å². The van der Waals surface area contributed by atoms with Gasteiger partial charge in [-0.15, -0.1) is 11.3 Å². The van der Waals surface area contributed by atoms with Crippen LogP contribution in [0.5, 0.6) is 11.5 Å². The maximum absolute atomic E-state index is 12.4. The zero-order valence-electron chi connectivity index (χ0n) is 16.2. The SMILES string of the molecule is Cc1ccc(CC(=O)Nc2nc(C)c(Cc3ccc4c(c3)OCO4)s2)cc1C. The molecule has 1 aliphatic rings. The Morgan fingerprint density at radius 2 is 1.82 bits per heavy atom. The summed E-state index contributed by atoms with van der Waals surface area (Å²) in [4.78, 5) is 18.1. The molecule has 1 aromatic heterocycles. The molecule has 0 unspecified atom stereocenters. The molecule has 1 amide bonds. The minimum absolute atomic E-state index is 0.0494. The van der Waals surface area contributed by atoms with Crippen molar-refractivity contribution < 1.29 is 14.3 Å². The molecule has 1 aliphatic heterocycles. The second-order valence-corrected chi connectivity index (χ2v) is 8.12. The highest BCUT2D eigenvalue weighted by molar-refractivity contribution is 7.15. The molecule has 3 aromatic rings. The molecule has 0 saturated heterocycles. The third-order valence-electron chi connectivity index (χ3n) is 4.88. The van der Waals surface area contributed by atoms with E-state index in [-0.39, 0.29) is 12.7 Å². The topological polar surface area (TPSA) is 60.5 Å². The van der Waals surface area contributed by atoms with E-state index in [1.165, 1.54) is 22.5 Å². The van der Waals surface area contributed by atoms with Gasteiger partial charge in [0.25, 0.3) is 0 Å². The summed E-state index contributed by atoms with van der Waals surface area (Å²) in [5, 5.41) is 3.58. The van der Waals surface area contributed by atoms with Crippen molar-refractivity contribution >= 4 is 22.4 Å². The number of benzene rings is 2. The number of thiazole rings is 1. The average molecular weight is 394 g/mol. The molecule has 2 heterocycles.